The fourth-order valence-electron chi connectivity index (χ4n) is 2.33. The molecule has 0 rings (SSSR count). The van der Waals surface area contributed by atoms with Gasteiger partial charge in [-0.1, -0.05) is 65.3 Å². The Kier molecular flexibility index (Phi) is 7.28. The zero-order valence-electron chi connectivity index (χ0n) is 13.7. The van der Waals surface area contributed by atoms with E-state index in [1.165, 1.54) is 17.6 Å². The molecule has 0 saturated carbocycles. The Morgan fingerprint density at radius 1 is 1.17 bits per heavy atom. The minimum atomic E-state index is 0.250. The molecule has 0 nitrogen and oxygen atoms in total. The molecule has 0 N–H and O–H groups in total. The van der Waals surface area contributed by atoms with Gasteiger partial charge in [0, 0.05) is 0 Å². The van der Waals surface area contributed by atoms with Gasteiger partial charge < -0.3 is 0 Å². The Labute approximate surface area is 115 Å². The minimum Gasteiger partial charge on any atom is -0.0871 e. The highest BCUT2D eigenvalue weighted by molar-refractivity contribution is 5.46. The lowest BCUT2D eigenvalue weighted by atomic mass is 9.74. The monoisotopic (exact) mass is 248 g/mol. The van der Waals surface area contributed by atoms with Crippen LogP contribution in [0.3, 0.4) is 0 Å². The highest BCUT2D eigenvalue weighted by atomic mass is 14.3. The van der Waals surface area contributed by atoms with Crippen LogP contribution in [0.2, 0.25) is 0 Å². The van der Waals surface area contributed by atoms with Crippen LogP contribution in [0.25, 0.3) is 0 Å². The van der Waals surface area contributed by atoms with Gasteiger partial charge in [-0.25, -0.2) is 0 Å². The van der Waals surface area contributed by atoms with Crippen LogP contribution in [0.4, 0.5) is 0 Å². The zero-order chi connectivity index (χ0) is 14.3. The lowest BCUT2D eigenvalue weighted by Crippen LogP contribution is -2.17. The molecule has 0 heterocycles. The molecule has 0 bridgehead atoms. The normalized spacial score (nSPS) is 15.5. The van der Waals surface area contributed by atoms with Crippen LogP contribution in [0, 0.1) is 11.3 Å². The van der Waals surface area contributed by atoms with Crippen LogP contribution in [0.15, 0.2) is 34.9 Å². The summed E-state index contributed by atoms with van der Waals surface area (Å²) in [7, 11) is 0. The molecule has 0 aromatic rings. The quantitative estimate of drug-likeness (QED) is 0.483. The molecule has 0 heteroatoms. The SMILES string of the molecule is C\C=C/C(=C/C(C)C)C(=C(\C)CC)/C(C)(C)CC. The van der Waals surface area contributed by atoms with Gasteiger partial charge in [0.05, 0.1) is 0 Å². The average Bonchev–Trinajstić information content (AvgIpc) is 2.28. The first-order valence-corrected chi connectivity index (χ1v) is 7.35. The fraction of sp³-hybridized carbons (Fsp3) is 0.667. The van der Waals surface area contributed by atoms with Gasteiger partial charge in [-0.15, -0.1) is 0 Å². The van der Waals surface area contributed by atoms with Crippen molar-refractivity contribution in [3.05, 3.63) is 34.9 Å². The van der Waals surface area contributed by atoms with Crippen molar-refractivity contribution in [1.82, 2.24) is 0 Å². The van der Waals surface area contributed by atoms with Gasteiger partial charge in [0.15, 0.2) is 0 Å². The number of hydrogen-bond donors (Lipinski definition) is 0. The van der Waals surface area contributed by atoms with Crippen LogP contribution < -0.4 is 0 Å². The van der Waals surface area contributed by atoms with Crippen molar-refractivity contribution in [2.45, 2.75) is 68.2 Å². The second-order valence-electron chi connectivity index (χ2n) is 6.11. The molecule has 0 aliphatic rings. The van der Waals surface area contributed by atoms with Crippen LogP contribution in [-0.4, -0.2) is 0 Å². The smallest absolute Gasteiger partial charge is 0.0101 e. The largest absolute Gasteiger partial charge is 0.0871 e. The predicted octanol–water partition coefficient (Wildman–Crippen LogP) is 6.31. The Morgan fingerprint density at radius 3 is 2.06 bits per heavy atom. The van der Waals surface area contributed by atoms with Gasteiger partial charge in [-0.05, 0) is 49.2 Å². The standard InChI is InChI=1S/C18H32/c1-9-12-16(13-14(4)5)17(15(6)10-2)18(7,8)11-3/h9,12-14H,10-11H2,1-8H3/b12-9-,16-13-,17-15-. The summed E-state index contributed by atoms with van der Waals surface area (Å²) in [5.41, 5.74) is 4.73. The van der Waals surface area contributed by atoms with E-state index in [9.17, 15) is 0 Å². The van der Waals surface area contributed by atoms with Crippen molar-refractivity contribution >= 4 is 0 Å². The number of rotatable bonds is 6. The molecular weight excluding hydrogens is 216 g/mol. The molecule has 0 saturated heterocycles. The van der Waals surface area contributed by atoms with Crippen LogP contribution in [0.5, 0.6) is 0 Å². The van der Waals surface area contributed by atoms with Crippen LogP contribution in [-0.2, 0) is 0 Å². The van der Waals surface area contributed by atoms with Gasteiger partial charge in [0.25, 0.3) is 0 Å². The zero-order valence-corrected chi connectivity index (χ0v) is 13.7. The topological polar surface area (TPSA) is 0 Å². The van der Waals surface area contributed by atoms with E-state index in [4.69, 9.17) is 0 Å². The molecule has 0 unspecified atom stereocenters. The van der Waals surface area contributed by atoms with Crippen molar-refractivity contribution in [1.29, 1.82) is 0 Å². The molecular formula is C18H32. The van der Waals surface area contributed by atoms with Gasteiger partial charge in [-0.3, -0.25) is 0 Å². The number of hydrogen-bond acceptors (Lipinski definition) is 0. The molecule has 104 valence electrons. The third-order valence-electron chi connectivity index (χ3n) is 3.67. The van der Waals surface area contributed by atoms with E-state index >= 15 is 0 Å². The Hall–Kier alpha value is -0.780. The van der Waals surface area contributed by atoms with Crippen LogP contribution in [0.1, 0.15) is 68.2 Å². The first kappa shape index (κ1) is 17.2. The second-order valence-corrected chi connectivity index (χ2v) is 6.11. The predicted molar refractivity (Wildman–Crippen MR) is 84.8 cm³/mol. The van der Waals surface area contributed by atoms with E-state index in [0.29, 0.717) is 5.92 Å². The van der Waals surface area contributed by atoms with E-state index in [1.807, 2.05) is 0 Å². The summed E-state index contributed by atoms with van der Waals surface area (Å²) in [4.78, 5) is 0. The first-order chi connectivity index (χ1) is 8.30. The highest BCUT2D eigenvalue weighted by Crippen LogP contribution is 2.39. The Bertz CT molecular complexity index is 335. The lowest BCUT2D eigenvalue weighted by molar-refractivity contribution is 0.430. The summed E-state index contributed by atoms with van der Waals surface area (Å²) in [6, 6.07) is 0. The third-order valence-corrected chi connectivity index (χ3v) is 3.67. The highest BCUT2D eigenvalue weighted by Gasteiger charge is 2.24. The maximum Gasteiger partial charge on any atom is -0.0101 e. The van der Waals surface area contributed by atoms with Gasteiger partial charge >= 0.3 is 0 Å². The Balaban J connectivity index is 5.85. The summed E-state index contributed by atoms with van der Waals surface area (Å²) in [6.45, 7) is 18.1. The molecule has 0 fully saturated rings. The summed E-state index contributed by atoms with van der Waals surface area (Å²) in [5.74, 6) is 0.587. The summed E-state index contributed by atoms with van der Waals surface area (Å²) < 4.78 is 0. The summed E-state index contributed by atoms with van der Waals surface area (Å²) in [5, 5.41) is 0. The van der Waals surface area contributed by atoms with E-state index in [-0.39, 0.29) is 5.41 Å². The Morgan fingerprint density at radius 2 is 1.72 bits per heavy atom. The van der Waals surface area contributed by atoms with Crippen molar-refractivity contribution in [3.8, 4) is 0 Å². The molecule has 0 aromatic carbocycles. The average molecular weight is 248 g/mol. The van der Waals surface area contributed by atoms with Crippen molar-refractivity contribution in [3.63, 3.8) is 0 Å². The fourth-order valence-corrected chi connectivity index (χ4v) is 2.33. The van der Waals surface area contributed by atoms with Gasteiger partial charge in [0.1, 0.15) is 0 Å². The molecule has 0 aromatic heterocycles. The molecule has 0 aliphatic carbocycles. The van der Waals surface area contributed by atoms with Gasteiger partial charge in [-0.2, -0.15) is 0 Å². The van der Waals surface area contributed by atoms with Gasteiger partial charge in [0.2, 0.25) is 0 Å². The van der Waals surface area contributed by atoms with E-state index in [2.05, 4.69) is 73.6 Å². The molecule has 0 radical (unpaired) electrons. The summed E-state index contributed by atoms with van der Waals surface area (Å²) >= 11 is 0. The minimum absolute atomic E-state index is 0.250. The van der Waals surface area contributed by atoms with E-state index in [0.717, 1.165) is 6.42 Å². The van der Waals surface area contributed by atoms with Crippen molar-refractivity contribution < 1.29 is 0 Å². The van der Waals surface area contributed by atoms with Crippen molar-refractivity contribution in [2.24, 2.45) is 11.3 Å². The van der Waals surface area contributed by atoms with E-state index < -0.39 is 0 Å². The van der Waals surface area contributed by atoms with Crippen molar-refractivity contribution in [2.75, 3.05) is 0 Å². The second kappa shape index (κ2) is 7.61. The number of allylic oxidation sites excluding steroid dienone is 6. The third kappa shape index (κ3) is 4.84. The molecule has 0 aliphatic heterocycles. The molecule has 0 spiro atoms. The first-order valence-electron chi connectivity index (χ1n) is 7.35. The maximum atomic E-state index is 2.39. The lowest BCUT2D eigenvalue weighted by Gasteiger charge is -2.30. The molecule has 0 amide bonds. The summed E-state index contributed by atoms with van der Waals surface area (Å²) in [6.07, 6.45) is 9.12. The molecule has 0 atom stereocenters. The molecule has 18 heavy (non-hydrogen) atoms. The van der Waals surface area contributed by atoms with E-state index in [1.54, 1.807) is 5.57 Å². The maximum absolute atomic E-state index is 2.39. The van der Waals surface area contributed by atoms with Crippen LogP contribution >= 0.6 is 0 Å².